The minimum Gasteiger partial charge on any atom is -0.444 e. The number of benzene rings is 1. The van der Waals surface area contributed by atoms with Gasteiger partial charge in [-0.1, -0.05) is 12.1 Å². The van der Waals surface area contributed by atoms with Gasteiger partial charge >= 0.3 is 6.09 Å². The number of nitrogens with zero attached hydrogens (tertiary/aromatic N) is 1. The highest BCUT2D eigenvalue weighted by atomic mass is 32.1. The predicted octanol–water partition coefficient (Wildman–Crippen LogP) is 3.88. The first kappa shape index (κ1) is 25.3. The Hall–Kier alpha value is -2.98. The van der Waals surface area contributed by atoms with Crippen molar-refractivity contribution in [2.75, 3.05) is 30.4 Å². The Morgan fingerprint density at radius 3 is 2.44 bits per heavy atom. The Morgan fingerprint density at radius 1 is 1.06 bits per heavy atom. The van der Waals surface area contributed by atoms with E-state index in [-0.39, 0.29) is 38.0 Å². The molecule has 0 aliphatic heterocycles. The van der Waals surface area contributed by atoms with Gasteiger partial charge < -0.3 is 20.1 Å². The number of alkyl carbamates (subject to hydrolysis) is 1. The van der Waals surface area contributed by atoms with Crippen molar-refractivity contribution in [3.8, 4) is 0 Å². The third kappa shape index (κ3) is 8.64. The number of thiazole rings is 1. The molecule has 1 aromatic heterocycles. The van der Waals surface area contributed by atoms with Crippen molar-refractivity contribution in [1.29, 1.82) is 0 Å². The number of ether oxygens (including phenoxy) is 2. The second-order valence-corrected chi connectivity index (χ2v) is 9.20. The summed E-state index contributed by atoms with van der Waals surface area (Å²) in [5, 5.41) is 8.60. The van der Waals surface area contributed by atoms with Crippen LogP contribution in [0.2, 0.25) is 0 Å². The number of nitrogens with one attached hydrogen (secondary N) is 3. The van der Waals surface area contributed by atoms with Crippen LogP contribution in [0.5, 0.6) is 0 Å². The second-order valence-electron chi connectivity index (χ2n) is 8.00. The fraction of sp³-hybridized carbons (Fsp3) is 0.455. The maximum absolute atomic E-state index is 12.6. The predicted molar refractivity (Wildman–Crippen MR) is 124 cm³/mol. The lowest BCUT2D eigenvalue weighted by Crippen LogP contribution is -2.34. The van der Waals surface area contributed by atoms with Gasteiger partial charge in [-0.15, -0.1) is 11.3 Å². The molecule has 2 aromatic rings. The van der Waals surface area contributed by atoms with Crippen molar-refractivity contribution in [3.63, 3.8) is 0 Å². The Labute approximate surface area is 191 Å². The summed E-state index contributed by atoms with van der Waals surface area (Å²) in [6.45, 7) is 9.86. The normalized spacial score (nSPS) is 11.0. The highest BCUT2D eigenvalue weighted by Gasteiger charge is 2.16. The molecule has 1 heterocycles. The van der Waals surface area contributed by atoms with E-state index in [1.165, 1.54) is 11.3 Å². The molecule has 2 rings (SSSR count). The summed E-state index contributed by atoms with van der Waals surface area (Å²) in [6, 6.07) is 6.76. The molecule has 3 N–H and O–H groups in total. The van der Waals surface area contributed by atoms with Gasteiger partial charge in [0.2, 0.25) is 5.91 Å². The minimum atomic E-state index is -0.561. The molecule has 0 saturated heterocycles. The highest BCUT2D eigenvalue weighted by Crippen LogP contribution is 2.23. The van der Waals surface area contributed by atoms with Gasteiger partial charge in [0, 0.05) is 11.4 Å². The summed E-state index contributed by atoms with van der Waals surface area (Å²) in [5.41, 5.74) is 1.06. The Kier molecular flexibility index (Phi) is 9.15. The van der Waals surface area contributed by atoms with E-state index in [1.54, 1.807) is 45.0 Å². The maximum atomic E-state index is 12.6. The maximum Gasteiger partial charge on any atom is 0.407 e. The molecule has 0 unspecified atom stereocenters. The van der Waals surface area contributed by atoms with Gasteiger partial charge in [-0.25, -0.2) is 9.78 Å². The van der Waals surface area contributed by atoms with Crippen molar-refractivity contribution < 1.29 is 23.9 Å². The van der Waals surface area contributed by atoms with E-state index in [0.717, 1.165) is 10.6 Å². The zero-order chi connectivity index (χ0) is 23.7. The molecule has 0 aliphatic carbocycles. The first-order valence-electron chi connectivity index (χ1n) is 10.2. The van der Waals surface area contributed by atoms with Crippen LogP contribution in [-0.2, 0) is 14.3 Å². The lowest BCUT2D eigenvalue weighted by molar-refractivity contribution is -0.117. The molecule has 174 valence electrons. The van der Waals surface area contributed by atoms with Crippen LogP contribution in [0.1, 0.15) is 48.1 Å². The van der Waals surface area contributed by atoms with Gasteiger partial charge in [-0.2, -0.15) is 0 Å². The third-order valence-electron chi connectivity index (χ3n) is 4.08. The molecule has 9 nitrogen and oxygen atoms in total. The lowest BCUT2D eigenvalue weighted by atomic mass is 10.1. The van der Waals surface area contributed by atoms with Crippen molar-refractivity contribution in [2.45, 2.75) is 46.6 Å². The van der Waals surface area contributed by atoms with Crippen molar-refractivity contribution in [3.05, 3.63) is 40.4 Å². The van der Waals surface area contributed by atoms with Gasteiger partial charge in [0.05, 0.1) is 36.6 Å². The molecule has 0 saturated carbocycles. The number of aryl methyl sites for hydroxylation is 2. The number of carbonyl (C=O) groups excluding carboxylic acids is 3. The van der Waals surface area contributed by atoms with Crippen molar-refractivity contribution in [1.82, 2.24) is 10.3 Å². The average molecular weight is 463 g/mol. The number of rotatable bonds is 9. The Bertz CT molecular complexity index is 933. The molecule has 0 bridgehead atoms. The van der Waals surface area contributed by atoms with Crippen LogP contribution in [0.3, 0.4) is 0 Å². The molecule has 0 atom stereocenters. The van der Waals surface area contributed by atoms with Gasteiger partial charge in [0.1, 0.15) is 5.60 Å². The summed E-state index contributed by atoms with van der Waals surface area (Å²) < 4.78 is 10.5. The van der Waals surface area contributed by atoms with E-state index in [0.29, 0.717) is 16.4 Å². The Morgan fingerprint density at radius 2 is 1.78 bits per heavy atom. The summed E-state index contributed by atoms with van der Waals surface area (Å²) in [6.07, 6.45) is -0.412. The summed E-state index contributed by atoms with van der Waals surface area (Å²) in [5.74, 6) is -0.634. The van der Waals surface area contributed by atoms with Crippen molar-refractivity contribution >= 4 is 40.1 Å². The topological polar surface area (TPSA) is 119 Å². The molecular weight excluding hydrogens is 432 g/mol. The number of para-hydroxylation sites is 1. The number of hydrogen-bond donors (Lipinski definition) is 3. The molecule has 10 heteroatoms. The third-order valence-corrected chi connectivity index (χ3v) is 5.07. The molecule has 3 amide bonds. The van der Waals surface area contributed by atoms with E-state index in [9.17, 15) is 14.4 Å². The lowest BCUT2D eigenvalue weighted by Gasteiger charge is -2.19. The fourth-order valence-electron chi connectivity index (χ4n) is 2.50. The molecule has 1 aromatic carbocycles. The van der Waals surface area contributed by atoms with E-state index in [1.807, 2.05) is 13.8 Å². The molecule has 0 spiro atoms. The van der Waals surface area contributed by atoms with E-state index >= 15 is 0 Å². The SMILES string of the molecule is Cc1nc(NC(=O)c2ccccc2NC(=O)CCOCCNC(=O)OC(C)(C)C)sc1C. The van der Waals surface area contributed by atoms with Gasteiger partial charge in [-0.3, -0.25) is 14.9 Å². The zero-order valence-corrected chi connectivity index (χ0v) is 19.9. The fourth-order valence-corrected chi connectivity index (χ4v) is 3.31. The van der Waals surface area contributed by atoms with Gasteiger partial charge in [0.15, 0.2) is 5.13 Å². The number of carbonyl (C=O) groups is 3. The van der Waals surface area contributed by atoms with Crippen LogP contribution in [-0.4, -0.2) is 48.3 Å². The molecule has 32 heavy (non-hydrogen) atoms. The number of anilines is 2. The van der Waals surface area contributed by atoms with Gasteiger partial charge in [-0.05, 0) is 46.8 Å². The van der Waals surface area contributed by atoms with E-state index < -0.39 is 11.7 Å². The van der Waals surface area contributed by atoms with Crippen LogP contribution in [0.15, 0.2) is 24.3 Å². The van der Waals surface area contributed by atoms with E-state index in [2.05, 4.69) is 20.9 Å². The second kappa shape index (κ2) is 11.6. The van der Waals surface area contributed by atoms with Crippen LogP contribution in [0, 0.1) is 13.8 Å². The van der Waals surface area contributed by atoms with Gasteiger partial charge in [0.25, 0.3) is 5.91 Å². The molecular formula is C22H30N4O5S. The minimum absolute atomic E-state index is 0.104. The first-order chi connectivity index (χ1) is 15.0. The molecule has 0 fully saturated rings. The van der Waals surface area contributed by atoms with E-state index in [4.69, 9.17) is 9.47 Å². The van der Waals surface area contributed by atoms with Crippen LogP contribution in [0.25, 0.3) is 0 Å². The van der Waals surface area contributed by atoms with Crippen LogP contribution in [0.4, 0.5) is 15.6 Å². The standard InChI is InChI=1S/C22H30N4O5S/c1-14-15(2)32-20(24-14)26-19(28)16-8-6-7-9-17(16)25-18(27)10-12-30-13-11-23-21(29)31-22(3,4)5/h6-9H,10-13H2,1-5H3,(H,23,29)(H,25,27)(H,24,26,28). The average Bonchev–Trinajstić information content (AvgIpc) is 3.00. The van der Waals surface area contributed by atoms with Crippen LogP contribution >= 0.6 is 11.3 Å². The Balaban J connectivity index is 1.76. The summed E-state index contributed by atoms with van der Waals surface area (Å²) in [7, 11) is 0. The van der Waals surface area contributed by atoms with Crippen LogP contribution < -0.4 is 16.0 Å². The zero-order valence-electron chi connectivity index (χ0n) is 19.0. The number of amides is 3. The molecule has 0 radical (unpaired) electrons. The largest absolute Gasteiger partial charge is 0.444 e. The highest BCUT2D eigenvalue weighted by molar-refractivity contribution is 7.15. The molecule has 0 aliphatic rings. The number of hydrogen-bond acceptors (Lipinski definition) is 7. The smallest absolute Gasteiger partial charge is 0.407 e. The summed E-state index contributed by atoms with van der Waals surface area (Å²) >= 11 is 1.40. The summed E-state index contributed by atoms with van der Waals surface area (Å²) in [4.78, 5) is 41.8. The number of aromatic nitrogens is 1. The first-order valence-corrected chi connectivity index (χ1v) is 11.1. The quantitative estimate of drug-likeness (QED) is 0.487. The van der Waals surface area contributed by atoms with Crippen molar-refractivity contribution in [2.24, 2.45) is 0 Å². The monoisotopic (exact) mass is 462 g/mol.